The number of rotatable bonds is 2. The molecule has 1 aliphatic carbocycles. The van der Waals surface area contributed by atoms with Crippen molar-refractivity contribution in [2.45, 2.75) is 25.7 Å². The fourth-order valence-corrected chi connectivity index (χ4v) is 2.35. The third kappa shape index (κ3) is 4.89. The van der Waals surface area contributed by atoms with Gasteiger partial charge in [0.15, 0.2) is 0 Å². The van der Waals surface area contributed by atoms with Gasteiger partial charge in [-0.05, 0) is 36.8 Å². The summed E-state index contributed by atoms with van der Waals surface area (Å²) in [5.74, 6) is 0. The van der Waals surface area contributed by atoms with Crippen molar-refractivity contribution in [3.05, 3.63) is 83.9 Å². The van der Waals surface area contributed by atoms with Gasteiger partial charge in [0.05, 0.1) is 0 Å². The Balaban J connectivity index is 0.000000160. The summed E-state index contributed by atoms with van der Waals surface area (Å²) in [6, 6.07) is 20.6. The molecule has 0 unspecified atom stereocenters. The molecule has 0 nitrogen and oxygen atoms in total. The van der Waals surface area contributed by atoms with Crippen LogP contribution in [0.1, 0.15) is 36.8 Å². The third-order valence-corrected chi connectivity index (χ3v) is 3.45. The van der Waals surface area contributed by atoms with E-state index in [1.165, 1.54) is 36.8 Å². The van der Waals surface area contributed by atoms with Crippen molar-refractivity contribution in [1.82, 2.24) is 0 Å². The van der Waals surface area contributed by atoms with Gasteiger partial charge in [0.1, 0.15) is 0 Å². The first kappa shape index (κ1) is 14.3. The highest BCUT2D eigenvalue weighted by Crippen LogP contribution is 2.25. The second kappa shape index (κ2) is 8.16. The molecule has 0 aromatic heterocycles. The van der Waals surface area contributed by atoms with Crippen LogP contribution in [0.3, 0.4) is 0 Å². The topological polar surface area (TPSA) is 0 Å². The Hall–Kier alpha value is -2.08. The third-order valence-electron chi connectivity index (χ3n) is 3.45. The van der Waals surface area contributed by atoms with Crippen LogP contribution in [-0.4, -0.2) is 0 Å². The molecule has 1 aliphatic rings. The lowest BCUT2D eigenvalue weighted by Crippen LogP contribution is -1.73. The van der Waals surface area contributed by atoms with Gasteiger partial charge in [0, 0.05) is 0 Å². The van der Waals surface area contributed by atoms with Crippen LogP contribution in [0.15, 0.2) is 72.8 Å². The van der Waals surface area contributed by atoms with Crippen molar-refractivity contribution in [3.63, 3.8) is 0 Å². The minimum atomic E-state index is 1.17. The lowest BCUT2D eigenvalue weighted by atomic mass is 10.1. The molecule has 0 heterocycles. The van der Waals surface area contributed by atoms with Crippen LogP contribution in [0, 0.1) is 0 Å². The van der Waals surface area contributed by atoms with Crippen LogP contribution >= 0.6 is 0 Å². The Morgan fingerprint density at radius 1 is 0.700 bits per heavy atom. The Kier molecular flexibility index (Phi) is 5.85. The summed E-state index contributed by atoms with van der Waals surface area (Å²) < 4.78 is 0. The number of hydrogen-bond acceptors (Lipinski definition) is 0. The van der Waals surface area contributed by atoms with Gasteiger partial charge < -0.3 is 0 Å². The van der Waals surface area contributed by atoms with E-state index in [9.17, 15) is 0 Å². The Morgan fingerprint density at radius 2 is 1.20 bits per heavy atom. The Labute approximate surface area is 122 Å². The molecule has 0 bridgehead atoms. The predicted octanol–water partition coefficient (Wildman–Crippen LogP) is 5.97. The fourth-order valence-electron chi connectivity index (χ4n) is 2.35. The Morgan fingerprint density at radius 3 is 1.65 bits per heavy atom. The van der Waals surface area contributed by atoms with E-state index in [-0.39, 0.29) is 0 Å². The van der Waals surface area contributed by atoms with Gasteiger partial charge in [-0.15, -0.1) is 0 Å². The van der Waals surface area contributed by atoms with Crippen molar-refractivity contribution in [3.8, 4) is 0 Å². The molecule has 1 saturated carbocycles. The molecular weight excluding hydrogens is 240 g/mol. The van der Waals surface area contributed by atoms with Crippen molar-refractivity contribution >= 4 is 12.2 Å². The molecule has 0 atom stereocenters. The van der Waals surface area contributed by atoms with E-state index in [4.69, 9.17) is 0 Å². The molecule has 0 amide bonds. The van der Waals surface area contributed by atoms with E-state index in [2.05, 4.69) is 43.0 Å². The molecule has 0 radical (unpaired) electrons. The second-order valence-electron chi connectivity index (χ2n) is 5.04. The summed E-state index contributed by atoms with van der Waals surface area (Å²) in [4.78, 5) is 0. The zero-order valence-electron chi connectivity index (χ0n) is 12.0. The lowest BCUT2D eigenvalue weighted by Gasteiger charge is -1.95. The van der Waals surface area contributed by atoms with Crippen LogP contribution in [0.5, 0.6) is 0 Å². The van der Waals surface area contributed by atoms with E-state index in [1.54, 1.807) is 5.57 Å². The summed E-state index contributed by atoms with van der Waals surface area (Å²) in [6.07, 6.45) is 9.58. The Bertz CT molecular complexity index is 527. The summed E-state index contributed by atoms with van der Waals surface area (Å²) in [5.41, 5.74) is 4.16. The highest BCUT2D eigenvalue weighted by molar-refractivity contribution is 5.53. The average molecular weight is 262 g/mol. The van der Waals surface area contributed by atoms with Gasteiger partial charge in [-0.1, -0.05) is 85.0 Å². The predicted molar refractivity (Wildman–Crippen MR) is 89.4 cm³/mol. The minimum Gasteiger partial charge on any atom is -0.0985 e. The molecular formula is C20H22. The van der Waals surface area contributed by atoms with Crippen LogP contribution < -0.4 is 0 Å². The van der Waals surface area contributed by atoms with Crippen LogP contribution in [0.25, 0.3) is 12.2 Å². The van der Waals surface area contributed by atoms with Gasteiger partial charge in [-0.2, -0.15) is 0 Å². The lowest BCUT2D eigenvalue weighted by molar-refractivity contribution is 0.886. The highest BCUT2D eigenvalue weighted by atomic mass is 14.1. The quantitative estimate of drug-likeness (QED) is 0.625. The second-order valence-corrected chi connectivity index (χ2v) is 5.04. The summed E-state index contributed by atoms with van der Waals surface area (Å²) in [6.45, 7) is 3.63. The maximum Gasteiger partial charge on any atom is -0.0257 e. The molecule has 2 aromatic rings. The molecule has 0 heteroatoms. The minimum absolute atomic E-state index is 1.17. The van der Waals surface area contributed by atoms with Crippen molar-refractivity contribution in [1.29, 1.82) is 0 Å². The van der Waals surface area contributed by atoms with E-state index >= 15 is 0 Å². The molecule has 2 aromatic carbocycles. The highest BCUT2D eigenvalue weighted by Gasteiger charge is 2.05. The average Bonchev–Trinajstić information content (AvgIpc) is 3.03. The van der Waals surface area contributed by atoms with Crippen molar-refractivity contribution < 1.29 is 0 Å². The monoisotopic (exact) mass is 262 g/mol. The first-order valence-electron chi connectivity index (χ1n) is 7.30. The number of hydrogen-bond donors (Lipinski definition) is 0. The smallest absolute Gasteiger partial charge is 0.0257 e. The van der Waals surface area contributed by atoms with Crippen molar-refractivity contribution in [2.24, 2.45) is 0 Å². The molecule has 3 rings (SSSR count). The summed E-state index contributed by atoms with van der Waals surface area (Å²) >= 11 is 0. The van der Waals surface area contributed by atoms with E-state index in [0.29, 0.717) is 0 Å². The van der Waals surface area contributed by atoms with E-state index in [0.717, 1.165) is 0 Å². The maximum atomic E-state index is 3.63. The fraction of sp³-hybridized carbons (Fsp3) is 0.200. The van der Waals surface area contributed by atoms with Crippen molar-refractivity contribution in [2.75, 3.05) is 0 Å². The molecule has 0 aliphatic heterocycles. The molecule has 0 saturated heterocycles. The van der Waals surface area contributed by atoms with Crippen LogP contribution in [-0.2, 0) is 0 Å². The molecule has 0 N–H and O–H groups in total. The number of benzene rings is 2. The zero-order valence-corrected chi connectivity index (χ0v) is 12.0. The van der Waals surface area contributed by atoms with Crippen LogP contribution in [0.2, 0.25) is 0 Å². The summed E-state index contributed by atoms with van der Waals surface area (Å²) in [5, 5.41) is 0. The van der Waals surface area contributed by atoms with Gasteiger partial charge in [0.2, 0.25) is 0 Å². The first-order valence-corrected chi connectivity index (χ1v) is 7.30. The van der Waals surface area contributed by atoms with Gasteiger partial charge in [0.25, 0.3) is 0 Å². The number of allylic oxidation sites excluding steroid dienone is 1. The normalized spacial score (nSPS) is 13.3. The van der Waals surface area contributed by atoms with Gasteiger partial charge in [-0.3, -0.25) is 0 Å². The van der Waals surface area contributed by atoms with E-state index < -0.39 is 0 Å². The van der Waals surface area contributed by atoms with Gasteiger partial charge >= 0.3 is 0 Å². The zero-order chi connectivity index (χ0) is 14.0. The SMILES string of the molecule is C(=C1CCCC1)c1ccccc1.C=Cc1ccccc1. The molecule has 0 spiro atoms. The largest absolute Gasteiger partial charge is 0.0985 e. The first-order chi connectivity index (χ1) is 9.88. The molecule has 1 fully saturated rings. The summed E-state index contributed by atoms with van der Waals surface area (Å²) in [7, 11) is 0. The molecule has 20 heavy (non-hydrogen) atoms. The van der Waals surface area contributed by atoms with Crippen LogP contribution in [0.4, 0.5) is 0 Å². The van der Waals surface area contributed by atoms with E-state index in [1.807, 2.05) is 36.4 Å². The standard InChI is InChI=1S/C12H14.C8H8/c1-2-6-11(7-3-1)10-12-8-4-5-9-12;1-2-8-6-4-3-5-7-8/h1-3,6-7,10H,4-5,8-9H2;2-7H,1H2. The maximum absolute atomic E-state index is 3.63. The van der Waals surface area contributed by atoms with Gasteiger partial charge in [-0.25, -0.2) is 0 Å². The molecule has 102 valence electrons.